The summed E-state index contributed by atoms with van der Waals surface area (Å²) in [6.45, 7) is -0.0170. The Balaban J connectivity index is 2.17. The van der Waals surface area contributed by atoms with Crippen molar-refractivity contribution < 1.29 is 12.8 Å². The van der Waals surface area contributed by atoms with Crippen molar-refractivity contribution in [3.8, 4) is 6.07 Å². The molecule has 102 valence electrons. The highest BCUT2D eigenvalue weighted by atomic mass is 32.2. The van der Waals surface area contributed by atoms with Crippen molar-refractivity contribution in [2.24, 2.45) is 0 Å². The van der Waals surface area contributed by atoms with E-state index in [0.717, 1.165) is 0 Å². The molecule has 2 aromatic rings. The molecular weight excluding hydrogens is 279 g/mol. The van der Waals surface area contributed by atoms with Crippen LogP contribution in [0.2, 0.25) is 0 Å². The highest BCUT2D eigenvalue weighted by molar-refractivity contribution is 7.89. The van der Waals surface area contributed by atoms with Crippen molar-refractivity contribution >= 4 is 10.0 Å². The Morgan fingerprint density at radius 3 is 2.60 bits per heavy atom. The third kappa shape index (κ3) is 3.41. The van der Waals surface area contributed by atoms with Crippen LogP contribution in [0.4, 0.5) is 4.39 Å². The van der Waals surface area contributed by atoms with Crippen LogP contribution in [0.3, 0.4) is 0 Å². The molecule has 0 aliphatic carbocycles. The molecule has 20 heavy (non-hydrogen) atoms. The molecule has 4 nitrogen and oxygen atoms in total. The molecule has 0 unspecified atom stereocenters. The molecule has 0 aliphatic heterocycles. The van der Waals surface area contributed by atoms with Crippen molar-refractivity contribution in [2.45, 2.75) is 11.4 Å². The lowest BCUT2D eigenvalue weighted by Gasteiger charge is -2.07. The minimum absolute atomic E-state index is 0.00736. The Hall–Kier alpha value is -2.23. The van der Waals surface area contributed by atoms with Gasteiger partial charge >= 0.3 is 0 Å². The van der Waals surface area contributed by atoms with Gasteiger partial charge in [-0.2, -0.15) is 5.26 Å². The second-order valence-electron chi connectivity index (χ2n) is 4.09. The molecule has 0 heterocycles. The summed E-state index contributed by atoms with van der Waals surface area (Å²) in [6, 6.07) is 13.3. The number of hydrogen-bond donors (Lipinski definition) is 1. The first kappa shape index (κ1) is 14.2. The summed E-state index contributed by atoms with van der Waals surface area (Å²) in [6.07, 6.45) is 0. The Labute approximate surface area is 116 Å². The number of hydrogen-bond acceptors (Lipinski definition) is 3. The molecule has 0 radical (unpaired) electrons. The first-order chi connectivity index (χ1) is 9.51. The van der Waals surface area contributed by atoms with Gasteiger partial charge in [-0.05, 0) is 35.9 Å². The Kier molecular flexibility index (Phi) is 4.13. The molecule has 0 amide bonds. The maximum absolute atomic E-state index is 13.0. The van der Waals surface area contributed by atoms with Crippen LogP contribution < -0.4 is 4.72 Å². The highest BCUT2D eigenvalue weighted by Gasteiger charge is 2.14. The van der Waals surface area contributed by atoms with E-state index in [1.54, 1.807) is 6.07 Å². The average Bonchev–Trinajstić information content (AvgIpc) is 2.45. The molecule has 6 heteroatoms. The van der Waals surface area contributed by atoms with Gasteiger partial charge in [0.25, 0.3) is 0 Å². The Morgan fingerprint density at radius 1 is 1.15 bits per heavy atom. The highest BCUT2D eigenvalue weighted by Crippen LogP contribution is 2.12. The number of nitrogens with zero attached hydrogens (tertiary/aromatic N) is 1. The van der Waals surface area contributed by atoms with Crippen molar-refractivity contribution in [2.75, 3.05) is 0 Å². The zero-order valence-electron chi connectivity index (χ0n) is 10.4. The standard InChI is InChI=1S/C14H11FN2O2S/c15-13-5-1-4-12(7-13)10-17-20(18,19)14-6-2-3-11(8-14)9-16/h1-8,17H,10H2. The predicted octanol–water partition coefficient (Wildman–Crippen LogP) is 2.18. The van der Waals surface area contributed by atoms with Crippen molar-refractivity contribution in [1.82, 2.24) is 4.72 Å². The molecule has 1 N–H and O–H groups in total. The Morgan fingerprint density at radius 2 is 1.90 bits per heavy atom. The first-order valence-corrected chi connectivity index (χ1v) is 7.24. The van der Waals surface area contributed by atoms with Gasteiger partial charge in [-0.25, -0.2) is 17.5 Å². The minimum Gasteiger partial charge on any atom is -0.207 e. The Bertz CT molecular complexity index is 767. The summed E-state index contributed by atoms with van der Waals surface area (Å²) in [5.74, 6) is -0.423. The van der Waals surface area contributed by atoms with Gasteiger partial charge in [0.2, 0.25) is 10.0 Å². The summed E-state index contributed by atoms with van der Waals surface area (Å²) in [5, 5.41) is 8.76. The summed E-state index contributed by atoms with van der Waals surface area (Å²) in [5.41, 5.74) is 0.781. The summed E-state index contributed by atoms with van der Waals surface area (Å²) in [4.78, 5) is 0.00736. The van der Waals surface area contributed by atoms with Crippen LogP contribution in [-0.4, -0.2) is 8.42 Å². The number of halogens is 1. The van der Waals surface area contributed by atoms with E-state index in [9.17, 15) is 12.8 Å². The first-order valence-electron chi connectivity index (χ1n) is 5.75. The molecule has 0 fully saturated rings. The molecule has 0 bridgehead atoms. The normalized spacial score (nSPS) is 11.0. The molecule has 2 aromatic carbocycles. The number of benzene rings is 2. The van der Waals surface area contributed by atoms with E-state index in [2.05, 4.69) is 4.72 Å². The number of nitrogens with one attached hydrogen (secondary N) is 1. The van der Waals surface area contributed by atoms with Crippen LogP contribution in [-0.2, 0) is 16.6 Å². The van der Waals surface area contributed by atoms with E-state index in [4.69, 9.17) is 5.26 Å². The molecular formula is C14H11FN2O2S. The second-order valence-corrected chi connectivity index (χ2v) is 5.86. The topological polar surface area (TPSA) is 70.0 Å². The van der Waals surface area contributed by atoms with Crippen molar-refractivity contribution in [3.63, 3.8) is 0 Å². The van der Waals surface area contributed by atoms with Crippen LogP contribution in [0.5, 0.6) is 0 Å². The van der Waals surface area contributed by atoms with Gasteiger partial charge in [0.15, 0.2) is 0 Å². The van der Waals surface area contributed by atoms with Crippen molar-refractivity contribution in [3.05, 3.63) is 65.5 Å². The van der Waals surface area contributed by atoms with Gasteiger partial charge in [-0.3, -0.25) is 0 Å². The van der Waals surface area contributed by atoms with Crippen molar-refractivity contribution in [1.29, 1.82) is 5.26 Å². The third-order valence-corrected chi connectivity index (χ3v) is 4.03. The van der Waals surface area contributed by atoms with E-state index >= 15 is 0 Å². The van der Waals surface area contributed by atoms with Crippen LogP contribution in [0.25, 0.3) is 0 Å². The maximum atomic E-state index is 13.0. The van der Waals surface area contributed by atoms with Gasteiger partial charge in [-0.15, -0.1) is 0 Å². The van der Waals surface area contributed by atoms with Crippen LogP contribution in [0.1, 0.15) is 11.1 Å². The van der Waals surface area contributed by atoms with Crippen LogP contribution in [0, 0.1) is 17.1 Å². The van der Waals surface area contributed by atoms with Gasteiger partial charge in [0, 0.05) is 6.54 Å². The van der Waals surface area contributed by atoms with E-state index in [0.29, 0.717) is 5.56 Å². The predicted molar refractivity (Wildman–Crippen MR) is 71.6 cm³/mol. The zero-order valence-corrected chi connectivity index (χ0v) is 11.2. The monoisotopic (exact) mass is 290 g/mol. The van der Waals surface area contributed by atoms with Gasteiger partial charge in [0.1, 0.15) is 5.82 Å². The number of rotatable bonds is 4. The summed E-state index contributed by atoms with van der Waals surface area (Å²) in [7, 11) is -3.73. The third-order valence-electron chi connectivity index (χ3n) is 2.63. The zero-order chi connectivity index (χ0) is 14.6. The fourth-order valence-electron chi connectivity index (χ4n) is 1.64. The number of sulfonamides is 1. The van der Waals surface area contributed by atoms with Gasteiger partial charge in [0.05, 0.1) is 16.5 Å². The van der Waals surface area contributed by atoms with Crippen LogP contribution in [0.15, 0.2) is 53.4 Å². The molecule has 0 aromatic heterocycles. The molecule has 0 atom stereocenters. The van der Waals surface area contributed by atoms with Gasteiger partial charge < -0.3 is 0 Å². The maximum Gasteiger partial charge on any atom is 0.240 e. The fourth-order valence-corrected chi connectivity index (χ4v) is 2.70. The largest absolute Gasteiger partial charge is 0.240 e. The van der Waals surface area contributed by atoms with E-state index < -0.39 is 15.8 Å². The van der Waals surface area contributed by atoms with E-state index in [-0.39, 0.29) is 17.0 Å². The lowest BCUT2D eigenvalue weighted by molar-refractivity contribution is 0.580. The SMILES string of the molecule is N#Cc1cccc(S(=O)(=O)NCc2cccc(F)c2)c1. The smallest absolute Gasteiger partial charge is 0.207 e. The molecule has 0 spiro atoms. The van der Waals surface area contributed by atoms with Gasteiger partial charge in [-0.1, -0.05) is 18.2 Å². The molecule has 0 saturated carbocycles. The molecule has 0 aliphatic rings. The molecule has 0 saturated heterocycles. The second kappa shape index (κ2) is 5.82. The lowest BCUT2D eigenvalue weighted by Crippen LogP contribution is -2.23. The van der Waals surface area contributed by atoms with E-state index in [1.165, 1.54) is 42.5 Å². The lowest BCUT2D eigenvalue weighted by atomic mass is 10.2. The molecule has 2 rings (SSSR count). The fraction of sp³-hybridized carbons (Fsp3) is 0.0714. The quantitative estimate of drug-likeness (QED) is 0.938. The van der Waals surface area contributed by atoms with E-state index in [1.807, 2.05) is 6.07 Å². The van der Waals surface area contributed by atoms with Crippen LogP contribution >= 0.6 is 0 Å². The number of nitriles is 1. The average molecular weight is 290 g/mol. The summed E-state index contributed by atoms with van der Waals surface area (Å²) < 4.78 is 39.5. The summed E-state index contributed by atoms with van der Waals surface area (Å²) >= 11 is 0. The minimum atomic E-state index is -3.73.